The van der Waals surface area contributed by atoms with E-state index in [1.165, 1.54) is 11.8 Å². The molecule has 0 amide bonds. The standard InChI is InChI=1S/C20H24ClNO3S/c1-20(2)16(12-22-17-11-14(21)7-10-18(17)25-3)19(20)13-5-8-15(9-6-13)26(4,23)24/h5-11,16,19,22H,12H2,1-4H3. The summed E-state index contributed by atoms with van der Waals surface area (Å²) in [7, 11) is -1.52. The normalized spacial score (nSPS) is 21.3. The van der Waals surface area contributed by atoms with Crippen molar-refractivity contribution in [2.75, 3.05) is 25.2 Å². The summed E-state index contributed by atoms with van der Waals surface area (Å²) in [5.41, 5.74) is 2.20. The minimum atomic E-state index is -3.16. The van der Waals surface area contributed by atoms with Gasteiger partial charge in [0.25, 0.3) is 0 Å². The fourth-order valence-electron chi connectivity index (χ4n) is 3.75. The molecule has 0 aliphatic heterocycles. The highest BCUT2D eigenvalue weighted by Crippen LogP contribution is 2.64. The van der Waals surface area contributed by atoms with Crippen molar-refractivity contribution in [1.82, 2.24) is 0 Å². The molecular weight excluding hydrogens is 370 g/mol. The Morgan fingerprint density at radius 2 is 1.81 bits per heavy atom. The molecule has 1 aliphatic carbocycles. The van der Waals surface area contributed by atoms with E-state index in [-0.39, 0.29) is 5.41 Å². The Kier molecular flexibility index (Phi) is 4.97. The smallest absolute Gasteiger partial charge is 0.175 e. The minimum Gasteiger partial charge on any atom is -0.495 e. The Bertz CT molecular complexity index is 907. The zero-order valence-electron chi connectivity index (χ0n) is 15.4. The predicted octanol–water partition coefficient (Wildman–Crippen LogP) is 4.60. The lowest BCUT2D eigenvalue weighted by Crippen LogP contribution is -2.08. The van der Waals surface area contributed by atoms with Gasteiger partial charge in [0.05, 0.1) is 17.7 Å². The van der Waals surface area contributed by atoms with Crippen LogP contribution in [-0.2, 0) is 9.84 Å². The minimum absolute atomic E-state index is 0.144. The van der Waals surface area contributed by atoms with Crippen molar-refractivity contribution in [1.29, 1.82) is 0 Å². The largest absolute Gasteiger partial charge is 0.495 e. The summed E-state index contributed by atoms with van der Waals surface area (Å²) < 4.78 is 28.7. The molecule has 6 heteroatoms. The van der Waals surface area contributed by atoms with Crippen LogP contribution in [0.1, 0.15) is 25.3 Å². The van der Waals surface area contributed by atoms with Crippen LogP contribution in [0.4, 0.5) is 5.69 Å². The van der Waals surface area contributed by atoms with Gasteiger partial charge >= 0.3 is 0 Å². The Morgan fingerprint density at radius 1 is 1.15 bits per heavy atom. The molecule has 0 saturated heterocycles. The maximum Gasteiger partial charge on any atom is 0.175 e. The van der Waals surface area contributed by atoms with E-state index in [2.05, 4.69) is 19.2 Å². The zero-order chi connectivity index (χ0) is 19.1. The zero-order valence-corrected chi connectivity index (χ0v) is 17.0. The summed E-state index contributed by atoms with van der Waals surface area (Å²) in [6.45, 7) is 5.27. The number of methoxy groups -OCH3 is 1. The van der Waals surface area contributed by atoms with Gasteiger partial charge in [0, 0.05) is 17.8 Å². The van der Waals surface area contributed by atoms with Crippen LogP contribution in [-0.4, -0.2) is 28.3 Å². The number of rotatable bonds is 6. The topological polar surface area (TPSA) is 55.4 Å². The Labute approximate surface area is 160 Å². The molecule has 2 aromatic rings. The lowest BCUT2D eigenvalue weighted by atomic mass is 10.0. The highest BCUT2D eigenvalue weighted by Gasteiger charge is 2.57. The molecular formula is C20H24ClNO3S. The van der Waals surface area contributed by atoms with Crippen LogP contribution in [0.2, 0.25) is 5.02 Å². The summed E-state index contributed by atoms with van der Waals surface area (Å²) in [6, 6.07) is 12.8. The van der Waals surface area contributed by atoms with Crippen molar-refractivity contribution >= 4 is 27.1 Å². The van der Waals surface area contributed by atoms with E-state index >= 15 is 0 Å². The molecule has 0 bridgehead atoms. The first kappa shape index (κ1) is 19.1. The monoisotopic (exact) mass is 393 g/mol. The van der Waals surface area contributed by atoms with Gasteiger partial charge in [0.15, 0.2) is 9.84 Å². The molecule has 0 aromatic heterocycles. The first-order chi connectivity index (χ1) is 12.1. The molecule has 4 nitrogen and oxygen atoms in total. The molecule has 3 rings (SSSR count). The van der Waals surface area contributed by atoms with Crippen LogP contribution in [0.5, 0.6) is 5.75 Å². The van der Waals surface area contributed by atoms with Crippen LogP contribution in [0, 0.1) is 11.3 Å². The number of hydrogen-bond acceptors (Lipinski definition) is 4. The van der Waals surface area contributed by atoms with Gasteiger partial charge in [-0.05, 0) is 53.1 Å². The van der Waals surface area contributed by atoms with E-state index in [4.69, 9.17) is 16.3 Å². The number of halogens is 1. The third kappa shape index (κ3) is 3.69. The first-order valence-electron chi connectivity index (χ1n) is 8.52. The van der Waals surface area contributed by atoms with E-state index in [9.17, 15) is 8.42 Å². The molecule has 1 fully saturated rings. The van der Waals surface area contributed by atoms with Gasteiger partial charge in [-0.15, -0.1) is 0 Å². The Hall–Kier alpha value is -1.72. The predicted molar refractivity (Wildman–Crippen MR) is 106 cm³/mol. The first-order valence-corrected chi connectivity index (χ1v) is 10.8. The van der Waals surface area contributed by atoms with Crippen molar-refractivity contribution in [2.24, 2.45) is 11.3 Å². The number of hydrogen-bond donors (Lipinski definition) is 1. The van der Waals surface area contributed by atoms with Gasteiger partial charge in [-0.1, -0.05) is 37.6 Å². The molecule has 2 unspecified atom stereocenters. The number of nitrogens with one attached hydrogen (secondary N) is 1. The maximum absolute atomic E-state index is 11.6. The van der Waals surface area contributed by atoms with E-state index in [1.54, 1.807) is 25.3 Å². The quantitative estimate of drug-likeness (QED) is 0.778. The number of benzene rings is 2. The van der Waals surface area contributed by atoms with Crippen LogP contribution in [0.15, 0.2) is 47.4 Å². The van der Waals surface area contributed by atoms with Gasteiger partial charge in [0.1, 0.15) is 5.75 Å². The lowest BCUT2D eigenvalue weighted by molar-refractivity contribution is 0.416. The van der Waals surface area contributed by atoms with Crippen molar-refractivity contribution in [2.45, 2.75) is 24.7 Å². The Morgan fingerprint density at radius 3 is 2.38 bits per heavy atom. The van der Waals surface area contributed by atoms with E-state index in [0.29, 0.717) is 21.8 Å². The SMILES string of the molecule is COc1ccc(Cl)cc1NCC1C(c2ccc(S(C)(=O)=O)cc2)C1(C)C. The highest BCUT2D eigenvalue weighted by molar-refractivity contribution is 7.90. The fourth-order valence-corrected chi connectivity index (χ4v) is 4.55. The van der Waals surface area contributed by atoms with Crippen molar-refractivity contribution in [3.05, 3.63) is 53.1 Å². The maximum atomic E-state index is 11.6. The number of anilines is 1. The molecule has 0 heterocycles. The van der Waals surface area contributed by atoms with Gasteiger partial charge in [-0.2, -0.15) is 0 Å². The Balaban J connectivity index is 1.73. The average molecular weight is 394 g/mol. The second kappa shape index (κ2) is 6.78. The van der Waals surface area contributed by atoms with Crippen LogP contribution < -0.4 is 10.1 Å². The second-order valence-electron chi connectivity index (χ2n) is 7.47. The summed E-state index contributed by atoms with van der Waals surface area (Å²) in [6.07, 6.45) is 1.23. The fraction of sp³-hybridized carbons (Fsp3) is 0.400. The van der Waals surface area contributed by atoms with Crippen LogP contribution >= 0.6 is 11.6 Å². The molecule has 0 spiro atoms. The van der Waals surface area contributed by atoms with Crippen molar-refractivity contribution in [3.63, 3.8) is 0 Å². The van der Waals surface area contributed by atoms with Crippen LogP contribution in [0.3, 0.4) is 0 Å². The van der Waals surface area contributed by atoms with Crippen molar-refractivity contribution < 1.29 is 13.2 Å². The third-order valence-electron chi connectivity index (χ3n) is 5.39. The summed E-state index contributed by atoms with van der Waals surface area (Å²) in [5, 5.41) is 4.12. The van der Waals surface area contributed by atoms with E-state index < -0.39 is 9.84 Å². The van der Waals surface area contributed by atoms with E-state index in [1.807, 2.05) is 24.3 Å². The molecule has 1 saturated carbocycles. The molecule has 2 atom stereocenters. The molecule has 0 radical (unpaired) electrons. The second-order valence-corrected chi connectivity index (χ2v) is 9.92. The van der Waals surface area contributed by atoms with Gasteiger partial charge in [0.2, 0.25) is 0 Å². The third-order valence-corrected chi connectivity index (χ3v) is 6.76. The highest BCUT2D eigenvalue weighted by atomic mass is 35.5. The molecule has 26 heavy (non-hydrogen) atoms. The van der Waals surface area contributed by atoms with Crippen LogP contribution in [0.25, 0.3) is 0 Å². The number of sulfone groups is 1. The van der Waals surface area contributed by atoms with E-state index in [0.717, 1.165) is 18.0 Å². The van der Waals surface area contributed by atoms with Gasteiger partial charge in [-0.3, -0.25) is 0 Å². The van der Waals surface area contributed by atoms with Gasteiger partial charge in [-0.25, -0.2) is 8.42 Å². The summed E-state index contributed by atoms with van der Waals surface area (Å²) in [5.74, 6) is 1.59. The van der Waals surface area contributed by atoms with Crippen molar-refractivity contribution in [3.8, 4) is 5.75 Å². The lowest BCUT2D eigenvalue weighted by Gasteiger charge is -2.12. The summed E-state index contributed by atoms with van der Waals surface area (Å²) in [4.78, 5) is 0.359. The van der Waals surface area contributed by atoms with Gasteiger partial charge < -0.3 is 10.1 Å². The number of ether oxygens (including phenoxy) is 1. The molecule has 140 valence electrons. The average Bonchev–Trinajstić information content (AvgIpc) is 3.13. The summed E-state index contributed by atoms with van der Waals surface area (Å²) >= 11 is 6.09. The molecule has 1 aliphatic rings. The molecule has 2 aromatic carbocycles. The molecule has 1 N–H and O–H groups in total.